The number of nitrogens with one attached hydrogen (secondary N) is 10. The number of hydrogen-bond acceptors (Lipinski definition) is 12. The molecule has 0 saturated carbocycles. The molecule has 0 bridgehead atoms. The molecule has 20 N–H and O–H groups in total. The average Bonchev–Trinajstić information content (AvgIpc) is 3.76. The van der Waals surface area contributed by atoms with Crippen LogP contribution in [0.5, 0.6) is 0 Å². The standard InChI is InChI=1S/C48H70N16O10/c1-27(65)58-33(16-10-22-56-48(53)74)41(68)64-38-25-39(66)54-20-8-7-15-32(40(50)67)59-45(72)37(24-29-26-57-31-14-6-5-13-30(29)31)63-42(69)34(17-9-21-55-47(51)52)60-44(71)36(23-28-11-3-2-4-12-28)62-43(70)35(18-19-49)61-46(38)73/h2-6,11-14,26,32-38,57H,7-10,15-25,49H2,1H3,(H2,50,67)(H,54,66)(H,58,65)(H,59,72)(H,60,71)(H,61,73)(H,62,70)(H,63,69)(H,64,68)(H4,51,52,55)(H3,53,56,74)/t32-,33-,34-,35-,36+,37-,38-/m0/s1. The number of nitrogens with two attached hydrogens (primary N) is 5. The number of para-hydroxylation sites is 1. The summed E-state index contributed by atoms with van der Waals surface area (Å²) in [5, 5.41) is 24.2. The summed E-state index contributed by atoms with van der Waals surface area (Å²) in [6, 6.07) is 5.39. The average molecular weight is 1030 g/mol. The molecule has 1 aliphatic rings. The molecule has 11 amide bonds. The first kappa shape index (κ1) is 58.3. The predicted molar refractivity (Wildman–Crippen MR) is 272 cm³/mol. The Morgan fingerprint density at radius 1 is 0.730 bits per heavy atom. The Balaban J connectivity index is 1.75. The number of amides is 11. The summed E-state index contributed by atoms with van der Waals surface area (Å²) in [4.78, 5) is 142. The molecule has 0 radical (unpaired) electrons. The highest BCUT2D eigenvalue weighted by atomic mass is 16.2. The molecule has 402 valence electrons. The number of primary amides is 2. The number of carbonyl (C=O) groups is 10. The van der Waals surface area contributed by atoms with Gasteiger partial charge in [0.25, 0.3) is 0 Å². The first-order valence-electron chi connectivity index (χ1n) is 24.4. The van der Waals surface area contributed by atoms with E-state index in [1.807, 2.05) is 24.3 Å². The molecule has 1 fully saturated rings. The van der Waals surface area contributed by atoms with Crippen LogP contribution in [0.3, 0.4) is 0 Å². The van der Waals surface area contributed by atoms with E-state index in [9.17, 15) is 47.9 Å². The van der Waals surface area contributed by atoms with E-state index >= 15 is 0 Å². The molecule has 7 atom stereocenters. The van der Waals surface area contributed by atoms with Crippen molar-refractivity contribution < 1.29 is 47.9 Å². The number of benzene rings is 2. The second-order valence-corrected chi connectivity index (χ2v) is 17.8. The molecule has 0 spiro atoms. The molecule has 0 aliphatic carbocycles. The van der Waals surface area contributed by atoms with Crippen molar-refractivity contribution in [2.24, 2.45) is 33.7 Å². The monoisotopic (exact) mass is 1030 g/mol. The highest BCUT2D eigenvalue weighted by Gasteiger charge is 2.35. The molecule has 26 nitrogen and oxygen atoms in total. The van der Waals surface area contributed by atoms with Crippen LogP contribution < -0.4 is 76.5 Å². The van der Waals surface area contributed by atoms with Crippen molar-refractivity contribution in [3.8, 4) is 0 Å². The summed E-state index contributed by atoms with van der Waals surface area (Å²) in [7, 11) is 0. The van der Waals surface area contributed by atoms with Crippen LogP contribution in [-0.4, -0.2) is 139 Å². The van der Waals surface area contributed by atoms with Crippen LogP contribution in [0.2, 0.25) is 0 Å². The van der Waals surface area contributed by atoms with Gasteiger partial charge in [-0.15, -0.1) is 0 Å². The fourth-order valence-electron chi connectivity index (χ4n) is 8.12. The van der Waals surface area contributed by atoms with E-state index in [4.69, 9.17) is 28.7 Å². The lowest BCUT2D eigenvalue weighted by atomic mass is 10.0. The predicted octanol–water partition coefficient (Wildman–Crippen LogP) is -3.61. The van der Waals surface area contributed by atoms with Crippen LogP contribution in [0.25, 0.3) is 10.9 Å². The fraction of sp³-hybridized carbons (Fsp3) is 0.479. The smallest absolute Gasteiger partial charge is 0.312 e. The number of fused-ring (bicyclic) bond motifs is 1. The molecule has 74 heavy (non-hydrogen) atoms. The van der Waals surface area contributed by atoms with Gasteiger partial charge in [-0.05, 0) is 75.1 Å². The largest absolute Gasteiger partial charge is 0.370 e. The molecular weight excluding hydrogens is 961 g/mol. The van der Waals surface area contributed by atoms with E-state index in [2.05, 4.69) is 57.8 Å². The number of guanidine groups is 1. The minimum Gasteiger partial charge on any atom is -0.370 e. The molecule has 1 saturated heterocycles. The highest BCUT2D eigenvalue weighted by Crippen LogP contribution is 2.20. The molecule has 1 aliphatic heterocycles. The third-order valence-electron chi connectivity index (χ3n) is 11.9. The Bertz CT molecular complexity index is 2460. The van der Waals surface area contributed by atoms with Crippen molar-refractivity contribution in [2.45, 2.75) is 120 Å². The van der Waals surface area contributed by atoms with Crippen LogP contribution in [0.15, 0.2) is 65.8 Å². The van der Waals surface area contributed by atoms with Crippen LogP contribution in [-0.2, 0) is 56.0 Å². The summed E-state index contributed by atoms with van der Waals surface area (Å²) in [6.45, 7) is 1.12. The van der Waals surface area contributed by atoms with E-state index in [1.165, 1.54) is 6.92 Å². The zero-order valence-electron chi connectivity index (χ0n) is 41.3. The van der Waals surface area contributed by atoms with Gasteiger partial charge in [0.2, 0.25) is 53.2 Å². The van der Waals surface area contributed by atoms with E-state index in [1.54, 1.807) is 36.5 Å². The highest BCUT2D eigenvalue weighted by molar-refractivity contribution is 5.99. The molecule has 2 aromatic carbocycles. The number of aromatic amines is 1. The van der Waals surface area contributed by atoms with E-state index in [0.29, 0.717) is 11.1 Å². The molecule has 0 unspecified atom stereocenters. The first-order valence-corrected chi connectivity index (χ1v) is 24.4. The number of rotatable bonds is 18. The van der Waals surface area contributed by atoms with Gasteiger partial charge in [-0.25, -0.2) is 4.79 Å². The van der Waals surface area contributed by atoms with E-state index in [0.717, 1.165) is 10.9 Å². The van der Waals surface area contributed by atoms with Crippen molar-refractivity contribution in [3.63, 3.8) is 0 Å². The van der Waals surface area contributed by atoms with Crippen LogP contribution >= 0.6 is 0 Å². The molecule has 3 aromatic rings. The lowest BCUT2D eigenvalue weighted by Crippen LogP contribution is -2.61. The summed E-state index contributed by atoms with van der Waals surface area (Å²) in [6.07, 6.45) is 1.39. The van der Waals surface area contributed by atoms with Gasteiger partial charge < -0.3 is 81.5 Å². The summed E-state index contributed by atoms with van der Waals surface area (Å²) in [5.74, 6) is -7.57. The maximum absolute atomic E-state index is 14.5. The van der Waals surface area contributed by atoms with Gasteiger partial charge >= 0.3 is 6.03 Å². The number of aliphatic imine (C=N–C) groups is 1. The van der Waals surface area contributed by atoms with Crippen LogP contribution in [0.4, 0.5) is 4.79 Å². The molecule has 26 heteroatoms. The van der Waals surface area contributed by atoms with Gasteiger partial charge in [0.05, 0.1) is 6.42 Å². The molecule has 1 aromatic heterocycles. The lowest BCUT2D eigenvalue weighted by molar-refractivity contribution is -0.136. The summed E-state index contributed by atoms with van der Waals surface area (Å²) >= 11 is 0. The zero-order chi connectivity index (χ0) is 54.2. The fourth-order valence-corrected chi connectivity index (χ4v) is 8.12. The number of H-pyrrole nitrogens is 1. The second kappa shape index (κ2) is 29.9. The first-order chi connectivity index (χ1) is 35.3. The summed E-state index contributed by atoms with van der Waals surface area (Å²) < 4.78 is 0. The molecule has 2 heterocycles. The lowest BCUT2D eigenvalue weighted by Gasteiger charge is -2.28. The van der Waals surface area contributed by atoms with E-state index in [-0.39, 0.29) is 96.3 Å². The minimum atomic E-state index is -1.65. The van der Waals surface area contributed by atoms with Crippen molar-refractivity contribution in [3.05, 3.63) is 71.9 Å². The van der Waals surface area contributed by atoms with E-state index < -0.39 is 108 Å². The van der Waals surface area contributed by atoms with Gasteiger partial charge in [-0.2, -0.15) is 0 Å². The third-order valence-corrected chi connectivity index (χ3v) is 11.9. The van der Waals surface area contributed by atoms with Crippen molar-refractivity contribution in [1.29, 1.82) is 0 Å². The van der Waals surface area contributed by atoms with Crippen LogP contribution in [0, 0.1) is 0 Å². The SMILES string of the molecule is CC(=O)N[C@@H](CCCNC(N)=O)C(=O)N[C@H]1CC(=O)NCCCC[C@@H](C(N)=O)NC(=O)[C@H](Cc2c[nH]c3ccccc23)NC(=O)[C@H](CCCN=C(N)N)NC(=O)[C@@H](Cc2ccccc2)NC(=O)[C@H](CCN)NC1=O. The van der Waals surface area contributed by atoms with Gasteiger partial charge in [-0.1, -0.05) is 48.5 Å². The van der Waals surface area contributed by atoms with Gasteiger partial charge in [0.15, 0.2) is 5.96 Å². The normalized spacial score (nSPS) is 21.2. The Kier molecular flexibility index (Phi) is 23.6. The minimum absolute atomic E-state index is 0.00772. The number of urea groups is 1. The van der Waals surface area contributed by atoms with Gasteiger partial charge in [0, 0.05) is 56.5 Å². The maximum Gasteiger partial charge on any atom is 0.312 e. The number of aromatic nitrogens is 1. The Labute approximate surface area is 427 Å². The number of hydrogen-bond donors (Lipinski definition) is 15. The van der Waals surface area contributed by atoms with Crippen LogP contribution in [0.1, 0.15) is 75.8 Å². The summed E-state index contributed by atoms with van der Waals surface area (Å²) in [5.41, 5.74) is 30.0. The van der Waals surface area contributed by atoms with Gasteiger partial charge in [-0.3, -0.25) is 48.1 Å². The zero-order valence-corrected chi connectivity index (χ0v) is 41.3. The Hall–Kier alpha value is -8.29. The topological polar surface area (TPSA) is 437 Å². The molecular formula is C48H70N16O10. The Morgan fingerprint density at radius 3 is 2.01 bits per heavy atom. The third kappa shape index (κ3) is 19.7. The van der Waals surface area contributed by atoms with Gasteiger partial charge in [0.1, 0.15) is 42.3 Å². The van der Waals surface area contributed by atoms with Crippen molar-refractivity contribution in [1.82, 2.24) is 52.8 Å². The Morgan fingerprint density at radius 2 is 1.35 bits per heavy atom. The number of carbonyl (C=O) groups excluding carboxylic acids is 10. The second-order valence-electron chi connectivity index (χ2n) is 17.8. The maximum atomic E-state index is 14.5. The van der Waals surface area contributed by atoms with Crippen molar-refractivity contribution in [2.75, 3.05) is 26.2 Å². The quantitative estimate of drug-likeness (QED) is 0.0333. The number of nitrogens with zero attached hydrogens (tertiary/aromatic N) is 1. The molecule has 4 rings (SSSR count). The van der Waals surface area contributed by atoms with Crippen molar-refractivity contribution >= 4 is 76.1 Å².